The average Bonchev–Trinajstić information content (AvgIpc) is 2.64. The number of benzene rings is 1. The summed E-state index contributed by atoms with van der Waals surface area (Å²) >= 11 is 0. The molecule has 0 unspecified atom stereocenters. The number of rotatable bonds is 8. The van der Waals surface area contributed by atoms with Crippen LogP contribution in [0.25, 0.3) is 0 Å². The minimum atomic E-state index is -0.851. The van der Waals surface area contributed by atoms with Gasteiger partial charge in [-0.05, 0) is 37.1 Å². The summed E-state index contributed by atoms with van der Waals surface area (Å²) in [5, 5.41) is 2.69. The average molecular weight is 388 g/mol. The van der Waals surface area contributed by atoms with Crippen LogP contribution in [0.1, 0.15) is 37.0 Å². The zero-order valence-electron chi connectivity index (χ0n) is 16.0. The summed E-state index contributed by atoms with van der Waals surface area (Å²) in [6, 6.07) is 5.78. The van der Waals surface area contributed by atoms with Gasteiger partial charge in [-0.15, -0.1) is 0 Å². The molecule has 1 aromatic carbocycles. The molecule has 1 atom stereocenters. The van der Waals surface area contributed by atoms with E-state index in [0.29, 0.717) is 17.9 Å². The van der Waals surface area contributed by atoms with Gasteiger partial charge in [0, 0.05) is 5.56 Å². The molecule has 10 nitrogen and oxygen atoms in total. The van der Waals surface area contributed by atoms with E-state index in [2.05, 4.69) is 20.3 Å². The molecule has 0 saturated heterocycles. The van der Waals surface area contributed by atoms with E-state index in [9.17, 15) is 9.59 Å². The monoisotopic (exact) mass is 388 g/mol. The van der Waals surface area contributed by atoms with E-state index in [1.807, 2.05) is 6.92 Å². The molecule has 150 valence electrons. The SMILES string of the molecule is CCOc1ccc(C(=O)N[C@H](C(=O)OCc2nc(N)nc(N)n2)C(C)C)cc1. The number of carbonyl (C=O) groups excluding carboxylic acids is 2. The number of hydrogen-bond donors (Lipinski definition) is 3. The highest BCUT2D eigenvalue weighted by atomic mass is 16.5. The van der Waals surface area contributed by atoms with Crippen molar-refractivity contribution in [3.8, 4) is 5.75 Å². The largest absolute Gasteiger partial charge is 0.494 e. The number of aromatic nitrogens is 3. The Morgan fingerprint density at radius 1 is 1.07 bits per heavy atom. The Morgan fingerprint density at radius 3 is 2.21 bits per heavy atom. The Kier molecular flexibility index (Phi) is 7.08. The number of esters is 1. The molecule has 0 fully saturated rings. The summed E-state index contributed by atoms with van der Waals surface area (Å²) < 4.78 is 10.6. The second-order valence-corrected chi connectivity index (χ2v) is 6.23. The first-order chi connectivity index (χ1) is 13.3. The molecule has 2 rings (SSSR count). The van der Waals surface area contributed by atoms with Gasteiger partial charge in [-0.1, -0.05) is 13.8 Å². The maximum atomic E-state index is 12.5. The van der Waals surface area contributed by atoms with Crippen LogP contribution in [-0.2, 0) is 16.1 Å². The Balaban J connectivity index is 2.01. The third kappa shape index (κ3) is 5.79. The van der Waals surface area contributed by atoms with Gasteiger partial charge in [-0.3, -0.25) is 4.79 Å². The van der Waals surface area contributed by atoms with Crippen molar-refractivity contribution >= 4 is 23.8 Å². The highest BCUT2D eigenvalue weighted by molar-refractivity contribution is 5.96. The van der Waals surface area contributed by atoms with Gasteiger partial charge in [0.2, 0.25) is 11.9 Å². The molecule has 2 aromatic rings. The molecule has 28 heavy (non-hydrogen) atoms. The third-order valence-electron chi connectivity index (χ3n) is 3.69. The number of nitrogens with one attached hydrogen (secondary N) is 1. The van der Waals surface area contributed by atoms with Gasteiger partial charge in [0.1, 0.15) is 11.8 Å². The quantitative estimate of drug-likeness (QED) is 0.560. The van der Waals surface area contributed by atoms with Crippen molar-refractivity contribution < 1.29 is 19.1 Å². The first-order valence-electron chi connectivity index (χ1n) is 8.76. The van der Waals surface area contributed by atoms with Crippen molar-refractivity contribution in [3.63, 3.8) is 0 Å². The third-order valence-corrected chi connectivity index (χ3v) is 3.69. The summed E-state index contributed by atoms with van der Waals surface area (Å²) in [6.07, 6.45) is 0. The Bertz CT molecular complexity index is 805. The van der Waals surface area contributed by atoms with E-state index in [1.165, 1.54) is 0 Å². The maximum absolute atomic E-state index is 12.5. The summed E-state index contributed by atoms with van der Waals surface area (Å²) in [6.45, 7) is 5.76. The molecule has 1 heterocycles. The Hall–Kier alpha value is -3.43. The lowest BCUT2D eigenvalue weighted by Gasteiger charge is -2.20. The van der Waals surface area contributed by atoms with Crippen LogP contribution in [-0.4, -0.2) is 39.5 Å². The summed E-state index contributed by atoms with van der Waals surface area (Å²) in [7, 11) is 0. The van der Waals surface area contributed by atoms with Crippen LogP contribution in [0, 0.1) is 5.92 Å². The predicted molar refractivity (Wildman–Crippen MR) is 102 cm³/mol. The standard InChI is InChI=1S/C18H24N6O4/c1-4-27-12-7-5-11(6-8-12)15(25)23-14(10(2)3)16(26)28-9-13-21-17(19)24-18(20)22-13/h5-8,10,14H,4,9H2,1-3H3,(H,23,25)(H4,19,20,21,22,24)/t14-/m0/s1. The van der Waals surface area contributed by atoms with Gasteiger partial charge < -0.3 is 26.3 Å². The van der Waals surface area contributed by atoms with Gasteiger partial charge in [-0.25, -0.2) is 4.79 Å². The van der Waals surface area contributed by atoms with Crippen LogP contribution in [0.4, 0.5) is 11.9 Å². The highest BCUT2D eigenvalue weighted by Gasteiger charge is 2.26. The maximum Gasteiger partial charge on any atom is 0.329 e. The molecular formula is C18H24N6O4. The minimum Gasteiger partial charge on any atom is -0.494 e. The normalized spacial score (nSPS) is 11.7. The van der Waals surface area contributed by atoms with E-state index in [-0.39, 0.29) is 30.2 Å². The second kappa shape index (κ2) is 9.49. The topological polar surface area (TPSA) is 155 Å². The number of anilines is 2. The molecule has 0 aliphatic carbocycles. The van der Waals surface area contributed by atoms with Crippen molar-refractivity contribution in [2.75, 3.05) is 18.1 Å². The zero-order valence-corrected chi connectivity index (χ0v) is 16.0. The molecule has 0 saturated carbocycles. The van der Waals surface area contributed by atoms with Crippen LogP contribution in [0.5, 0.6) is 5.75 Å². The molecule has 0 aliphatic rings. The van der Waals surface area contributed by atoms with E-state index in [1.54, 1.807) is 38.1 Å². The fourth-order valence-electron chi connectivity index (χ4n) is 2.34. The number of nitrogens with zero attached hydrogens (tertiary/aromatic N) is 3. The van der Waals surface area contributed by atoms with E-state index < -0.39 is 17.9 Å². The summed E-state index contributed by atoms with van der Waals surface area (Å²) in [5.74, 6) is -0.564. The van der Waals surface area contributed by atoms with E-state index in [0.717, 1.165) is 0 Å². The number of carbonyl (C=O) groups is 2. The number of nitrogen functional groups attached to an aromatic ring is 2. The van der Waals surface area contributed by atoms with Gasteiger partial charge >= 0.3 is 5.97 Å². The number of ether oxygens (including phenoxy) is 2. The minimum absolute atomic E-state index is 0.0669. The molecule has 1 aromatic heterocycles. The van der Waals surface area contributed by atoms with Crippen molar-refractivity contribution in [1.29, 1.82) is 0 Å². The fourth-order valence-corrected chi connectivity index (χ4v) is 2.34. The number of nitrogens with two attached hydrogens (primary N) is 2. The van der Waals surface area contributed by atoms with Crippen LogP contribution in [0.15, 0.2) is 24.3 Å². The van der Waals surface area contributed by atoms with Crippen LogP contribution in [0.3, 0.4) is 0 Å². The molecule has 10 heteroatoms. The first kappa shape index (κ1) is 20.9. The fraction of sp³-hybridized carbons (Fsp3) is 0.389. The van der Waals surface area contributed by atoms with Crippen LogP contribution in [0.2, 0.25) is 0 Å². The Morgan fingerprint density at radius 2 is 1.68 bits per heavy atom. The molecule has 0 spiro atoms. The zero-order chi connectivity index (χ0) is 20.7. The highest BCUT2D eigenvalue weighted by Crippen LogP contribution is 2.13. The van der Waals surface area contributed by atoms with E-state index in [4.69, 9.17) is 20.9 Å². The lowest BCUT2D eigenvalue weighted by molar-refractivity contribution is -0.148. The van der Waals surface area contributed by atoms with Gasteiger partial charge in [-0.2, -0.15) is 15.0 Å². The molecule has 0 aliphatic heterocycles. The lowest BCUT2D eigenvalue weighted by Crippen LogP contribution is -2.45. The van der Waals surface area contributed by atoms with Crippen molar-refractivity contribution in [2.45, 2.75) is 33.4 Å². The Labute approximate surface area is 162 Å². The van der Waals surface area contributed by atoms with Gasteiger partial charge in [0.15, 0.2) is 12.4 Å². The van der Waals surface area contributed by atoms with Crippen molar-refractivity contribution in [2.24, 2.45) is 5.92 Å². The molecule has 5 N–H and O–H groups in total. The molecule has 0 bridgehead atoms. The smallest absolute Gasteiger partial charge is 0.329 e. The van der Waals surface area contributed by atoms with Crippen LogP contribution >= 0.6 is 0 Å². The predicted octanol–water partition coefficient (Wildman–Crippen LogP) is 0.933. The first-order valence-corrected chi connectivity index (χ1v) is 8.76. The van der Waals surface area contributed by atoms with Crippen LogP contribution < -0.4 is 21.5 Å². The molecular weight excluding hydrogens is 364 g/mol. The number of hydrogen-bond acceptors (Lipinski definition) is 9. The molecule has 0 radical (unpaired) electrons. The number of amides is 1. The second-order valence-electron chi connectivity index (χ2n) is 6.23. The molecule has 1 amide bonds. The van der Waals surface area contributed by atoms with Gasteiger partial charge in [0.25, 0.3) is 5.91 Å². The summed E-state index contributed by atoms with van der Waals surface area (Å²) in [5.41, 5.74) is 11.4. The van der Waals surface area contributed by atoms with Crippen molar-refractivity contribution in [1.82, 2.24) is 20.3 Å². The summed E-state index contributed by atoms with van der Waals surface area (Å²) in [4.78, 5) is 36.2. The van der Waals surface area contributed by atoms with Crippen molar-refractivity contribution in [3.05, 3.63) is 35.7 Å². The van der Waals surface area contributed by atoms with E-state index >= 15 is 0 Å². The van der Waals surface area contributed by atoms with Gasteiger partial charge in [0.05, 0.1) is 6.61 Å². The lowest BCUT2D eigenvalue weighted by atomic mass is 10.0.